The van der Waals surface area contributed by atoms with E-state index in [0.717, 1.165) is 56.9 Å². The molecule has 3 unspecified atom stereocenters. The van der Waals surface area contributed by atoms with Gasteiger partial charge >= 0.3 is 5.82 Å². The molecule has 0 aliphatic carbocycles. The molecule has 0 spiro atoms. The lowest BCUT2D eigenvalue weighted by atomic mass is 10.2. The van der Waals surface area contributed by atoms with Gasteiger partial charge in [0.15, 0.2) is 0 Å². The van der Waals surface area contributed by atoms with Gasteiger partial charge in [0.25, 0.3) is 11.1 Å². The molecule has 1 aliphatic heterocycles. The van der Waals surface area contributed by atoms with Crippen molar-refractivity contribution >= 4 is 23.4 Å². The molecule has 22 nitrogen and oxygen atoms in total. The minimum atomic E-state index is -0.627. The van der Waals surface area contributed by atoms with E-state index < -0.39 is 10.5 Å². The number of H-pyrrole nitrogens is 2. The predicted octanol–water partition coefficient (Wildman–Crippen LogP) is 5.11. The third kappa shape index (κ3) is 23.8. The Kier molecular flexibility index (Phi) is 29.5. The highest BCUT2D eigenvalue weighted by atomic mass is 16.6. The molecule has 0 aromatic carbocycles. The Morgan fingerprint density at radius 2 is 0.868 bits per heavy atom. The smallest absolute Gasteiger partial charge is 0.383 e. The number of aromatic nitrogens is 10. The molecule has 22 heteroatoms. The van der Waals surface area contributed by atoms with Crippen LogP contribution in [0.4, 0.5) is 5.82 Å². The summed E-state index contributed by atoms with van der Waals surface area (Å²) in [7, 11) is 0. The number of nitrogens with zero attached hydrogens (tertiary/aromatic N) is 9. The summed E-state index contributed by atoms with van der Waals surface area (Å²) >= 11 is 0. The molecular formula is C46H74N14O8. The van der Waals surface area contributed by atoms with Crippen LogP contribution in [-0.2, 0) is 14.4 Å². The summed E-state index contributed by atoms with van der Waals surface area (Å²) in [4.78, 5) is 100. The van der Waals surface area contributed by atoms with Gasteiger partial charge in [0.1, 0.15) is 29.3 Å². The van der Waals surface area contributed by atoms with Gasteiger partial charge in [0, 0.05) is 19.3 Å². The van der Waals surface area contributed by atoms with Gasteiger partial charge in [-0.25, -0.2) is 4.98 Å². The number of carbonyl (C=O) groups excluding carboxylic acids is 3. The first-order chi connectivity index (χ1) is 30.4. The number of aryl methyl sites for hydroxylation is 14. The number of aromatic hydroxyl groups is 1. The molecule has 5 aromatic rings. The summed E-state index contributed by atoms with van der Waals surface area (Å²) in [5.41, 5.74) is 15.6. The SMILES string of the molecule is C.C.CC(=O)C(C)N.CC1NC(=O)C(C)NC1=O.Cc1[nH]c(=O)c(C)nc1O.Cc1[nH]c(=O)c(C)nc1[N+](=O)[O-].Cc1cnc(C)cn1.Cc1nc(C)c(C)nc1C.Cc1nc(C)c(C)nc1C. The zero-order valence-corrected chi connectivity index (χ0v) is 41.3. The fourth-order valence-corrected chi connectivity index (χ4v) is 4.32. The summed E-state index contributed by atoms with van der Waals surface area (Å²) in [6, 6.07) is -1.06. The first-order valence-corrected chi connectivity index (χ1v) is 20.6. The van der Waals surface area contributed by atoms with Crippen LogP contribution in [0.5, 0.6) is 5.88 Å². The van der Waals surface area contributed by atoms with Crippen molar-refractivity contribution in [2.45, 2.75) is 158 Å². The molecule has 1 saturated heterocycles. The van der Waals surface area contributed by atoms with Crippen molar-refractivity contribution in [1.29, 1.82) is 0 Å². The molecule has 6 rings (SSSR count). The molecule has 68 heavy (non-hydrogen) atoms. The number of piperazine rings is 1. The van der Waals surface area contributed by atoms with E-state index >= 15 is 0 Å². The van der Waals surface area contributed by atoms with E-state index in [1.54, 1.807) is 40.1 Å². The lowest BCUT2D eigenvalue weighted by molar-refractivity contribution is -0.390. The van der Waals surface area contributed by atoms with Crippen LogP contribution < -0.4 is 27.5 Å². The van der Waals surface area contributed by atoms with Gasteiger partial charge in [-0.1, -0.05) is 14.9 Å². The minimum Gasteiger partial charge on any atom is -0.492 e. The highest BCUT2D eigenvalue weighted by Crippen LogP contribution is 2.09. The predicted molar refractivity (Wildman–Crippen MR) is 263 cm³/mol. The topological polar surface area (TPSA) is 333 Å². The van der Waals surface area contributed by atoms with Crippen molar-refractivity contribution in [1.82, 2.24) is 60.5 Å². The highest BCUT2D eigenvalue weighted by molar-refractivity contribution is 5.96. The molecule has 1 fully saturated rings. The largest absolute Gasteiger partial charge is 0.492 e. The van der Waals surface area contributed by atoms with Crippen LogP contribution >= 0.6 is 0 Å². The molecule has 6 heterocycles. The van der Waals surface area contributed by atoms with Crippen LogP contribution in [0.2, 0.25) is 0 Å². The number of nitrogens with two attached hydrogens (primary N) is 1. The Balaban J connectivity index is -0.000000727. The van der Waals surface area contributed by atoms with E-state index in [1.807, 2.05) is 69.2 Å². The molecule has 1 aliphatic rings. The van der Waals surface area contributed by atoms with Gasteiger partial charge in [-0.05, 0) is 128 Å². The molecular weight excluding hydrogens is 877 g/mol. The number of carbonyl (C=O) groups is 3. The van der Waals surface area contributed by atoms with E-state index in [-0.39, 0.29) is 84.9 Å². The maximum Gasteiger partial charge on any atom is 0.383 e. The molecule has 7 N–H and O–H groups in total. The highest BCUT2D eigenvalue weighted by Gasteiger charge is 2.27. The Morgan fingerprint density at radius 3 is 1.12 bits per heavy atom. The maximum atomic E-state index is 10.9. The number of hydrogen-bond donors (Lipinski definition) is 6. The summed E-state index contributed by atoms with van der Waals surface area (Å²) in [6.07, 6.45) is 3.52. The Labute approximate surface area is 399 Å². The molecule has 0 radical (unpaired) electrons. The number of amides is 2. The third-order valence-corrected chi connectivity index (χ3v) is 9.14. The first kappa shape index (κ1) is 65.1. The van der Waals surface area contributed by atoms with E-state index in [2.05, 4.69) is 60.5 Å². The Hall–Kier alpha value is -7.23. The van der Waals surface area contributed by atoms with Crippen molar-refractivity contribution in [3.05, 3.63) is 123 Å². The summed E-state index contributed by atoms with van der Waals surface area (Å²) in [5, 5.41) is 24.3. The maximum absolute atomic E-state index is 10.9. The monoisotopic (exact) mass is 951 g/mol. The van der Waals surface area contributed by atoms with Gasteiger partial charge in [-0.15, -0.1) is 0 Å². The number of nitrogens with one attached hydrogen (secondary N) is 4. The lowest BCUT2D eigenvalue weighted by Crippen LogP contribution is -2.59. The van der Waals surface area contributed by atoms with Gasteiger partial charge in [-0.3, -0.25) is 53.9 Å². The van der Waals surface area contributed by atoms with Gasteiger partial charge in [0.05, 0.1) is 68.7 Å². The second-order valence-corrected chi connectivity index (χ2v) is 15.2. The number of nitro groups is 1. The van der Waals surface area contributed by atoms with Gasteiger partial charge in [0.2, 0.25) is 23.4 Å². The third-order valence-electron chi connectivity index (χ3n) is 9.14. The Bertz CT molecular complexity index is 2360. The summed E-state index contributed by atoms with van der Waals surface area (Å²) in [6.45, 7) is 32.1. The van der Waals surface area contributed by atoms with Gasteiger partial charge < -0.3 is 41.6 Å². The molecule has 0 saturated carbocycles. The average Bonchev–Trinajstić information content (AvgIpc) is 3.22. The standard InChI is InChI=1S/2C8H12N2.C6H7N3O3.C6H10N2O2.C6H8N2O2.C6H8N2.C4H9NO.2CH4/c2*1-5-6(2)10-8(4)7(3)9-5;1-3-5(9(11)12)7-4(2)6(10)8-3;2*1-3-5(9)8-4(2)6(10)7-3;1-5-3-8-6(2)4-7-5;1-3(5)4(2)6;;/h2*1-4H3;1-2H3,(H,8,10);3-4H,1-2H3,(H,7,10)(H,8,9);1-2H3,(H,7,10)(H,8,9);3-4H,1-2H3;3H,5H2,1-2H3;2*1H4. The van der Waals surface area contributed by atoms with Gasteiger partial charge in [-0.2, -0.15) is 0 Å². The second-order valence-electron chi connectivity index (χ2n) is 15.2. The second kappa shape index (κ2) is 30.9. The quantitative estimate of drug-likeness (QED) is 0.0989. The van der Waals surface area contributed by atoms with E-state index in [1.165, 1.54) is 27.7 Å². The van der Waals surface area contributed by atoms with Crippen LogP contribution in [0.25, 0.3) is 0 Å². The number of rotatable bonds is 2. The van der Waals surface area contributed by atoms with E-state index in [4.69, 9.17) is 10.8 Å². The first-order valence-electron chi connectivity index (χ1n) is 20.6. The fourth-order valence-electron chi connectivity index (χ4n) is 4.32. The van der Waals surface area contributed by atoms with Crippen molar-refractivity contribution in [2.75, 3.05) is 0 Å². The number of hydrogen-bond acceptors (Lipinski definition) is 17. The lowest BCUT2D eigenvalue weighted by Gasteiger charge is -2.24. The van der Waals surface area contributed by atoms with Crippen molar-refractivity contribution in [3.8, 4) is 5.88 Å². The number of aromatic amines is 2. The summed E-state index contributed by atoms with van der Waals surface area (Å²) in [5.74, 6) is -0.613. The zero-order chi connectivity index (χ0) is 51.3. The van der Waals surface area contributed by atoms with E-state index in [0.29, 0.717) is 5.69 Å². The summed E-state index contributed by atoms with van der Waals surface area (Å²) < 4.78 is 0. The van der Waals surface area contributed by atoms with Crippen molar-refractivity contribution in [3.63, 3.8) is 0 Å². The number of ketones is 1. The molecule has 0 bridgehead atoms. The molecule has 376 valence electrons. The van der Waals surface area contributed by atoms with Crippen molar-refractivity contribution in [2.24, 2.45) is 5.73 Å². The van der Waals surface area contributed by atoms with Crippen LogP contribution in [0.3, 0.4) is 0 Å². The zero-order valence-electron chi connectivity index (χ0n) is 41.3. The van der Waals surface area contributed by atoms with Crippen LogP contribution in [0.15, 0.2) is 22.0 Å². The minimum absolute atomic E-state index is 0. The number of Topliss-reactive ketones (excluding diaryl/α,β-unsaturated/α-hetero) is 1. The van der Waals surface area contributed by atoms with Crippen LogP contribution in [0, 0.1) is 107 Å². The Morgan fingerprint density at radius 1 is 0.588 bits per heavy atom. The van der Waals surface area contributed by atoms with Crippen LogP contribution in [0.1, 0.15) is 122 Å². The molecule has 5 aromatic heterocycles. The fraction of sp³-hybridized carbons (Fsp3) is 0.500. The molecule has 2 amide bonds. The average molecular weight is 951 g/mol. The van der Waals surface area contributed by atoms with Crippen LogP contribution in [-0.4, -0.2) is 95.6 Å². The molecule has 3 atom stereocenters. The van der Waals surface area contributed by atoms with E-state index in [9.17, 15) is 34.1 Å². The van der Waals surface area contributed by atoms with Crippen molar-refractivity contribution < 1.29 is 24.4 Å². The normalized spacial score (nSPS) is 13.3.